The normalized spacial score (nSPS) is 20.3. The van der Waals surface area contributed by atoms with E-state index in [2.05, 4.69) is 27.1 Å². The highest BCUT2D eigenvalue weighted by Crippen LogP contribution is 2.20. The SMILES string of the molecule is Cc1nc(C)n(C[C@H]2CCCN(C[C@@H](C#N)CCC#N)C2)n1. The first-order chi connectivity index (χ1) is 10.6. The molecule has 0 amide bonds. The molecule has 0 aliphatic carbocycles. The van der Waals surface area contributed by atoms with Crippen LogP contribution in [0, 0.1) is 48.3 Å². The molecule has 0 spiro atoms. The average molecular weight is 300 g/mol. The van der Waals surface area contributed by atoms with Crippen molar-refractivity contribution in [2.75, 3.05) is 19.6 Å². The van der Waals surface area contributed by atoms with Crippen molar-refractivity contribution >= 4 is 0 Å². The fourth-order valence-electron chi connectivity index (χ4n) is 3.19. The standard InChI is InChI=1S/C16H24N6/c1-13-19-14(2)22(20-13)12-16-6-4-8-21(11-16)10-15(9-18)5-3-7-17/h15-16H,3-6,8,10-12H2,1-2H3/t15-,16+/m1/s1. The van der Waals surface area contributed by atoms with Crippen LogP contribution in [-0.4, -0.2) is 39.3 Å². The molecule has 0 bridgehead atoms. The molecule has 2 heterocycles. The van der Waals surface area contributed by atoms with Crippen molar-refractivity contribution in [2.45, 2.75) is 46.1 Å². The molecule has 0 unspecified atom stereocenters. The summed E-state index contributed by atoms with van der Waals surface area (Å²) >= 11 is 0. The summed E-state index contributed by atoms with van der Waals surface area (Å²) in [6.07, 6.45) is 3.50. The van der Waals surface area contributed by atoms with Crippen LogP contribution in [0.5, 0.6) is 0 Å². The van der Waals surface area contributed by atoms with Crippen LogP contribution >= 0.6 is 0 Å². The first kappa shape index (κ1) is 16.5. The van der Waals surface area contributed by atoms with Crippen LogP contribution in [0.15, 0.2) is 0 Å². The van der Waals surface area contributed by atoms with Crippen LogP contribution in [0.1, 0.15) is 37.3 Å². The predicted molar refractivity (Wildman–Crippen MR) is 82.6 cm³/mol. The van der Waals surface area contributed by atoms with Crippen LogP contribution < -0.4 is 0 Å². The van der Waals surface area contributed by atoms with Crippen LogP contribution in [-0.2, 0) is 6.54 Å². The molecular weight excluding hydrogens is 276 g/mol. The quantitative estimate of drug-likeness (QED) is 0.803. The Morgan fingerprint density at radius 3 is 2.82 bits per heavy atom. The summed E-state index contributed by atoms with van der Waals surface area (Å²) in [7, 11) is 0. The summed E-state index contributed by atoms with van der Waals surface area (Å²) < 4.78 is 2.00. The van der Waals surface area contributed by atoms with E-state index in [9.17, 15) is 5.26 Å². The monoisotopic (exact) mass is 300 g/mol. The highest BCUT2D eigenvalue weighted by molar-refractivity contribution is 4.91. The summed E-state index contributed by atoms with van der Waals surface area (Å²) in [5, 5.41) is 22.3. The summed E-state index contributed by atoms with van der Waals surface area (Å²) in [5.74, 6) is 2.32. The first-order valence-electron chi connectivity index (χ1n) is 7.99. The number of hydrogen-bond acceptors (Lipinski definition) is 5. The van der Waals surface area contributed by atoms with Crippen molar-refractivity contribution < 1.29 is 0 Å². The Morgan fingerprint density at radius 2 is 2.18 bits per heavy atom. The molecule has 1 aromatic heterocycles. The number of aromatic nitrogens is 3. The lowest BCUT2D eigenvalue weighted by molar-refractivity contribution is 0.146. The van der Waals surface area contributed by atoms with Crippen LogP contribution in [0.3, 0.4) is 0 Å². The molecule has 2 atom stereocenters. The molecule has 0 radical (unpaired) electrons. The molecule has 6 heteroatoms. The Kier molecular flexibility index (Phi) is 5.91. The second-order valence-corrected chi connectivity index (χ2v) is 6.18. The van der Waals surface area contributed by atoms with Gasteiger partial charge in [0.15, 0.2) is 0 Å². The van der Waals surface area contributed by atoms with Crippen molar-refractivity contribution in [1.82, 2.24) is 19.7 Å². The molecule has 1 saturated heterocycles. The van der Waals surface area contributed by atoms with Gasteiger partial charge < -0.3 is 4.90 Å². The van der Waals surface area contributed by atoms with Crippen LogP contribution in [0.25, 0.3) is 0 Å². The van der Waals surface area contributed by atoms with E-state index in [0.717, 1.165) is 44.2 Å². The van der Waals surface area contributed by atoms with Crippen molar-refractivity contribution in [3.8, 4) is 12.1 Å². The van der Waals surface area contributed by atoms with E-state index >= 15 is 0 Å². The smallest absolute Gasteiger partial charge is 0.147 e. The molecule has 0 aromatic carbocycles. The minimum atomic E-state index is -0.0336. The Labute approximate surface area is 132 Å². The minimum absolute atomic E-state index is 0.0336. The van der Waals surface area contributed by atoms with Gasteiger partial charge in [-0.2, -0.15) is 15.6 Å². The van der Waals surface area contributed by atoms with E-state index in [0.29, 0.717) is 18.8 Å². The molecule has 2 rings (SSSR count). The maximum atomic E-state index is 9.22. The maximum Gasteiger partial charge on any atom is 0.147 e. The summed E-state index contributed by atoms with van der Waals surface area (Å²) in [5.41, 5.74) is 0. The highest BCUT2D eigenvalue weighted by atomic mass is 15.3. The van der Waals surface area contributed by atoms with E-state index in [-0.39, 0.29) is 5.92 Å². The lowest BCUT2D eigenvalue weighted by atomic mass is 9.96. The average Bonchev–Trinajstić information content (AvgIpc) is 2.81. The molecule has 0 saturated carbocycles. The minimum Gasteiger partial charge on any atom is -0.302 e. The Hall–Kier alpha value is -1.92. The zero-order chi connectivity index (χ0) is 15.9. The molecule has 0 N–H and O–H groups in total. The molecule has 1 aliphatic heterocycles. The van der Waals surface area contributed by atoms with E-state index < -0.39 is 0 Å². The third-order valence-corrected chi connectivity index (χ3v) is 4.26. The van der Waals surface area contributed by atoms with Crippen LogP contribution in [0.4, 0.5) is 0 Å². The first-order valence-corrected chi connectivity index (χ1v) is 7.99. The third kappa shape index (κ3) is 4.54. The summed E-state index contributed by atoms with van der Waals surface area (Å²) in [6.45, 7) is 7.65. The number of likely N-dealkylation sites (tertiary alicyclic amines) is 1. The molecule has 118 valence electrons. The maximum absolute atomic E-state index is 9.22. The predicted octanol–water partition coefficient (Wildman–Crippen LogP) is 2.05. The van der Waals surface area contributed by atoms with Gasteiger partial charge in [-0.05, 0) is 45.6 Å². The van der Waals surface area contributed by atoms with Crippen molar-refractivity contribution in [3.63, 3.8) is 0 Å². The van der Waals surface area contributed by atoms with E-state index in [4.69, 9.17) is 5.26 Å². The number of aryl methyl sites for hydroxylation is 2. The molecule has 1 aromatic rings. The number of rotatable bonds is 6. The van der Waals surface area contributed by atoms with Gasteiger partial charge in [-0.25, -0.2) is 9.67 Å². The summed E-state index contributed by atoms with van der Waals surface area (Å²) in [6, 6.07) is 4.47. The fourth-order valence-corrected chi connectivity index (χ4v) is 3.19. The second-order valence-electron chi connectivity index (χ2n) is 6.18. The summed E-state index contributed by atoms with van der Waals surface area (Å²) in [4.78, 5) is 6.73. The number of nitrogens with zero attached hydrogens (tertiary/aromatic N) is 6. The second kappa shape index (κ2) is 7.91. The Bertz CT molecular complexity index is 564. The molecule has 6 nitrogen and oxygen atoms in total. The molecule has 1 aliphatic rings. The van der Waals surface area contributed by atoms with Crippen molar-refractivity contribution in [2.24, 2.45) is 11.8 Å². The topological polar surface area (TPSA) is 81.5 Å². The van der Waals surface area contributed by atoms with Crippen molar-refractivity contribution in [3.05, 3.63) is 11.6 Å². The largest absolute Gasteiger partial charge is 0.302 e. The fraction of sp³-hybridized carbons (Fsp3) is 0.750. The number of nitriles is 2. The molecule has 22 heavy (non-hydrogen) atoms. The van der Waals surface area contributed by atoms with Gasteiger partial charge >= 0.3 is 0 Å². The van der Waals surface area contributed by atoms with Gasteiger partial charge in [-0.1, -0.05) is 0 Å². The zero-order valence-electron chi connectivity index (χ0n) is 13.5. The third-order valence-electron chi connectivity index (χ3n) is 4.26. The van der Waals surface area contributed by atoms with E-state index in [1.165, 1.54) is 6.42 Å². The number of piperidine rings is 1. The Morgan fingerprint density at radius 1 is 1.36 bits per heavy atom. The zero-order valence-corrected chi connectivity index (χ0v) is 13.5. The van der Waals surface area contributed by atoms with Gasteiger partial charge in [0.1, 0.15) is 11.6 Å². The Balaban J connectivity index is 1.87. The van der Waals surface area contributed by atoms with Crippen LogP contribution in [0.2, 0.25) is 0 Å². The van der Waals surface area contributed by atoms with Gasteiger partial charge in [-0.3, -0.25) is 0 Å². The van der Waals surface area contributed by atoms with Gasteiger partial charge in [0.05, 0.1) is 18.1 Å². The van der Waals surface area contributed by atoms with E-state index in [1.807, 2.05) is 18.5 Å². The number of hydrogen-bond donors (Lipinski definition) is 0. The lowest BCUT2D eigenvalue weighted by Crippen LogP contribution is -2.39. The van der Waals surface area contributed by atoms with Gasteiger partial charge in [0.2, 0.25) is 0 Å². The highest BCUT2D eigenvalue weighted by Gasteiger charge is 2.23. The van der Waals surface area contributed by atoms with Crippen molar-refractivity contribution in [1.29, 1.82) is 10.5 Å². The molecule has 1 fully saturated rings. The van der Waals surface area contributed by atoms with E-state index in [1.54, 1.807) is 0 Å². The van der Waals surface area contributed by atoms with Gasteiger partial charge in [0.25, 0.3) is 0 Å². The lowest BCUT2D eigenvalue weighted by Gasteiger charge is -2.33. The molecular formula is C16H24N6. The van der Waals surface area contributed by atoms with Gasteiger partial charge in [0, 0.05) is 26.1 Å². The van der Waals surface area contributed by atoms with Gasteiger partial charge in [-0.15, -0.1) is 0 Å².